The van der Waals surface area contributed by atoms with Crippen LogP contribution in [0.25, 0.3) is 22.3 Å². The van der Waals surface area contributed by atoms with Gasteiger partial charge in [-0.05, 0) is 37.3 Å². The zero-order valence-corrected chi connectivity index (χ0v) is 19.6. The Morgan fingerprint density at radius 3 is 2.68 bits per heavy atom. The van der Waals surface area contributed by atoms with Gasteiger partial charge in [-0.25, -0.2) is 4.98 Å². The van der Waals surface area contributed by atoms with E-state index in [2.05, 4.69) is 11.8 Å². The number of methoxy groups -OCH3 is 1. The van der Waals surface area contributed by atoms with Gasteiger partial charge in [0.1, 0.15) is 17.7 Å². The molecule has 0 saturated carbocycles. The first-order valence-electron chi connectivity index (χ1n) is 11.7. The highest BCUT2D eigenvalue weighted by molar-refractivity contribution is 5.89. The van der Waals surface area contributed by atoms with Crippen molar-refractivity contribution in [2.75, 3.05) is 45.0 Å². The molecule has 9 heteroatoms. The highest BCUT2D eigenvalue weighted by Crippen LogP contribution is 2.32. The van der Waals surface area contributed by atoms with Crippen molar-refractivity contribution >= 4 is 16.9 Å². The third-order valence-corrected chi connectivity index (χ3v) is 6.35. The molecule has 0 aliphatic carbocycles. The molecule has 1 atom stereocenters. The number of fused-ring (bicyclic) bond motifs is 1. The molecule has 34 heavy (non-hydrogen) atoms. The third kappa shape index (κ3) is 4.64. The lowest BCUT2D eigenvalue weighted by Gasteiger charge is -2.35. The molecule has 0 unspecified atom stereocenters. The Hall–Kier alpha value is -3.01. The van der Waals surface area contributed by atoms with Crippen molar-refractivity contribution < 1.29 is 24.1 Å². The summed E-state index contributed by atoms with van der Waals surface area (Å²) in [5.41, 5.74) is 2.90. The normalized spacial score (nSPS) is 19.4. The molecule has 4 heterocycles. The van der Waals surface area contributed by atoms with Crippen LogP contribution in [0.5, 0.6) is 11.8 Å². The maximum absolute atomic E-state index is 9.73. The fraction of sp³-hybridized carbons (Fsp3) is 0.480. The van der Waals surface area contributed by atoms with Gasteiger partial charge in [0, 0.05) is 30.5 Å². The number of benzene rings is 1. The Bertz CT molecular complexity index is 1150. The fourth-order valence-corrected chi connectivity index (χ4v) is 4.45. The molecule has 180 valence electrons. The molecular formula is C25H30N4O5. The molecule has 0 bridgehead atoms. The smallest absolute Gasteiger partial charge is 0.320 e. The van der Waals surface area contributed by atoms with Crippen molar-refractivity contribution in [3.05, 3.63) is 35.9 Å². The van der Waals surface area contributed by atoms with E-state index in [1.165, 1.54) is 0 Å². The molecule has 2 saturated heterocycles. The van der Waals surface area contributed by atoms with E-state index in [1.54, 1.807) is 7.11 Å². The maximum Gasteiger partial charge on any atom is 0.320 e. The first kappa shape index (κ1) is 22.8. The zero-order valence-electron chi connectivity index (χ0n) is 19.6. The lowest BCUT2D eigenvalue weighted by atomic mass is 10.1. The summed E-state index contributed by atoms with van der Waals surface area (Å²) in [5, 5.41) is 10.6. The summed E-state index contributed by atoms with van der Waals surface area (Å²) in [6, 6.07) is 10.1. The van der Waals surface area contributed by atoms with Gasteiger partial charge in [-0.2, -0.15) is 9.97 Å². The van der Waals surface area contributed by atoms with Crippen molar-refractivity contribution in [3.8, 4) is 23.0 Å². The number of aliphatic hydroxyl groups excluding tert-OH is 1. The van der Waals surface area contributed by atoms with Crippen LogP contribution in [0.4, 0.5) is 5.82 Å². The molecule has 0 radical (unpaired) electrons. The van der Waals surface area contributed by atoms with Crippen LogP contribution in [0.1, 0.15) is 25.3 Å². The Morgan fingerprint density at radius 1 is 1.06 bits per heavy atom. The number of hydrogen-bond donors (Lipinski definition) is 1. The summed E-state index contributed by atoms with van der Waals surface area (Å²) in [6.07, 6.45) is 1.65. The molecule has 2 aliphatic heterocycles. The molecule has 2 fully saturated rings. The summed E-state index contributed by atoms with van der Waals surface area (Å²) in [6.45, 7) is 5.40. The number of ether oxygens (including phenoxy) is 4. The number of rotatable bonds is 6. The van der Waals surface area contributed by atoms with Gasteiger partial charge < -0.3 is 29.0 Å². The molecule has 0 amide bonds. The van der Waals surface area contributed by atoms with E-state index in [-0.39, 0.29) is 18.8 Å². The molecule has 0 spiro atoms. The molecule has 3 aromatic rings. The van der Waals surface area contributed by atoms with Gasteiger partial charge in [0.2, 0.25) is 0 Å². The minimum atomic E-state index is -0.116. The van der Waals surface area contributed by atoms with E-state index in [1.807, 2.05) is 30.3 Å². The van der Waals surface area contributed by atoms with Crippen molar-refractivity contribution in [1.82, 2.24) is 15.0 Å². The second kappa shape index (κ2) is 10.1. The molecule has 2 aromatic heterocycles. The molecule has 2 aliphatic rings. The summed E-state index contributed by atoms with van der Waals surface area (Å²) >= 11 is 0. The van der Waals surface area contributed by atoms with Crippen LogP contribution in [0.3, 0.4) is 0 Å². The molecule has 1 aromatic carbocycles. The number of nitrogens with zero attached hydrogens (tertiary/aromatic N) is 4. The van der Waals surface area contributed by atoms with E-state index in [0.717, 1.165) is 41.8 Å². The molecule has 9 nitrogen and oxygen atoms in total. The number of anilines is 1. The molecular weight excluding hydrogens is 436 g/mol. The quantitative estimate of drug-likeness (QED) is 0.588. The average Bonchev–Trinajstić information content (AvgIpc) is 2.88. The first-order valence-corrected chi connectivity index (χ1v) is 11.7. The highest BCUT2D eigenvalue weighted by atomic mass is 16.5. The predicted octanol–water partition coefficient (Wildman–Crippen LogP) is 2.98. The second-order valence-electron chi connectivity index (χ2n) is 8.63. The van der Waals surface area contributed by atoms with E-state index < -0.39 is 0 Å². The first-order chi connectivity index (χ1) is 16.7. The fourth-order valence-electron chi connectivity index (χ4n) is 4.45. The van der Waals surface area contributed by atoms with Crippen LogP contribution >= 0.6 is 0 Å². The predicted molar refractivity (Wildman–Crippen MR) is 127 cm³/mol. The third-order valence-electron chi connectivity index (χ3n) is 6.35. The maximum atomic E-state index is 9.73. The standard InChI is InChI=1S/C25H30N4O5/c1-16-15-33-12-9-29(16)24-20-4-5-21(17-3-6-22(31-2)18(13-17)14-30)26-23(20)27-25(28-24)34-19-7-10-32-11-8-19/h3-6,13,16,19,30H,7-12,14-15H2,1-2H3/t16-/m0/s1. The monoisotopic (exact) mass is 466 g/mol. The van der Waals surface area contributed by atoms with E-state index in [0.29, 0.717) is 49.4 Å². The minimum Gasteiger partial charge on any atom is -0.496 e. The van der Waals surface area contributed by atoms with Gasteiger partial charge in [0.05, 0.1) is 57.3 Å². The second-order valence-corrected chi connectivity index (χ2v) is 8.63. The largest absolute Gasteiger partial charge is 0.496 e. The van der Waals surface area contributed by atoms with Crippen LogP contribution in [0.2, 0.25) is 0 Å². The average molecular weight is 467 g/mol. The van der Waals surface area contributed by atoms with Crippen LogP contribution < -0.4 is 14.4 Å². The van der Waals surface area contributed by atoms with Crippen molar-refractivity contribution in [1.29, 1.82) is 0 Å². The summed E-state index contributed by atoms with van der Waals surface area (Å²) in [5.74, 6) is 1.46. The number of hydrogen-bond acceptors (Lipinski definition) is 9. The van der Waals surface area contributed by atoms with Crippen LogP contribution in [-0.4, -0.2) is 72.3 Å². The lowest BCUT2D eigenvalue weighted by Crippen LogP contribution is -2.44. The van der Waals surface area contributed by atoms with Crippen molar-refractivity contribution in [3.63, 3.8) is 0 Å². The van der Waals surface area contributed by atoms with Crippen LogP contribution in [0, 0.1) is 0 Å². The lowest BCUT2D eigenvalue weighted by molar-refractivity contribution is 0.0218. The van der Waals surface area contributed by atoms with Crippen molar-refractivity contribution in [2.45, 2.75) is 38.5 Å². The Labute approximate surface area is 198 Å². The van der Waals surface area contributed by atoms with Gasteiger partial charge in [-0.15, -0.1) is 0 Å². The van der Waals surface area contributed by atoms with E-state index >= 15 is 0 Å². The summed E-state index contributed by atoms with van der Waals surface area (Å²) in [4.78, 5) is 16.6. The van der Waals surface area contributed by atoms with E-state index in [4.69, 9.17) is 33.9 Å². The Kier molecular flexibility index (Phi) is 6.75. The SMILES string of the molecule is COc1ccc(-c2ccc3c(N4CCOC[C@@H]4C)nc(OC4CCOCC4)nc3n2)cc1CO. The number of aromatic nitrogens is 3. The summed E-state index contributed by atoms with van der Waals surface area (Å²) in [7, 11) is 1.59. The van der Waals surface area contributed by atoms with Gasteiger partial charge in [0.15, 0.2) is 5.65 Å². The molecule has 1 N–H and O–H groups in total. The highest BCUT2D eigenvalue weighted by Gasteiger charge is 2.25. The number of morpholine rings is 1. The zero-order chi connectivity index (χ0) is 23.5. The topological polar surface area (TPSA) is 99.1 Å². The van der Waals surface area contributed by atoms with Crippen LogP contribution in [0.15, 0.2) is 30.3 Å². The van der Waals surface area contributed by atoms with Crippen LogP contribution in [-0.2, 0) is 16.1 Å². The summed E-state index contributed by atoms with van der Waals surface area (Å²) < 4.78 is 22.6. The van der Waals surface area contributed by atoms with Gasteiger partial charge in [-0.1, -0.05) is 0 Å². The number of pyridine rings is 1. The number of aliphatic hydroxyl groups is 1. The Balaban J connectivity index is 1.57. The minimum absolute atomic E-state index is 0.0260. The molecule has 5 rings (SSSR count). The van der Waals surface area contributed by atoms with Gasteiger partial charge in [0.25, 0.3) is 0 Å². The van der Waals surface area contributed by atoms with Gasteiger partial charge in [-0.3, -0.25) is 0 Å². The van der Waals surface area contributed by atoms with Gasteiger partial charge >= 0.3 is 6.01 Å². The van der Waals surface area contributed by atoms with E-state index in [9.17, 15) is 5.11 Å². The van der Waals surface area contributed by atoms with Crippen molar-refractivity contribution in [2.24, 2.45) is 0 Å². The Morgan fingerprint density at radius 2 is 1.91 bits per heavy atom.